The van der Waals surface area contributed by atoms with Crippen molar-refractivity contribution in [3.8, 4) is 5.75 Å². The minimum absolute atomic E-state index is 0.182. The van der Waals surface area contributed by atoms with Crippen molar-refractivity contribution >= 4 is 5.97 Å². The van der Waals surface area contributed by atoms with Crippen LogP contribution in [0, 0.1) is 0 Å². The summed E-state index contributed by atoms with van der Waals surface area (Å²) in [5.74, 6) is 1.25. The molecule has 3 rings (SSSR count). The Hall–Kier alpha value is -2.31. The lowest BCUT2D eigenvalue weighted by Crippen LogP contribution is -2.45. The standard InChI is InChI=1S/C18H22N2O4/c1-22-17-6-4-3-5-15(17)16-10-19-7-8-20(16)11-14-9-13(12-24-14)18(21)23-2/h3-6,9,12,16,19H,7-8,10-11H2,1-2H3. The first-order valence-electron chi connectivity index (χ1n) is 7.96. The predicted molar refractivity (Wildman–Crippen MR) is 89.1 cm³/mol. The Kier molecular flexibility index (Phi) is 5.17. The SMILES string of the molecule is COC(=O)c1coc(CN2CCNCC2c2ccccc2OC)c1. The molecule has 24 heavy (non-hydrogen) atoms. The third kappa shape index (κ3) is 3.44. The summed E-state index contributed by atoms with van der Waals surface area (Å²) in [4.78, 5) is 13.9. The lowest BCUT2D eigenvalue weighted by Gasteiger charge is -2.36. The van der Waals surface area contributed by atoms with Crippen LogP contribution in [0.25, 0.3) is 0 Å². The molecule has 0 radical (unpaired) electrons. The molecule has 1 aliphatic heterocycles. The molecule has 6 heteroatoms. The number of carbonyl (C=O) groups excluding carboxylic acids is 1. The molecular formula is C18H22N2O4. The Labute approximate surface area is 141 Å². The van der Waals surface area contributed by atoms with Crippen molar-refractivity contribution in [2.24, 2.45) is 0 Å². The van der Waals surface area contributed by atoms with Crippen molar-refractivity contribution in [3.05, 3.63) is 53.5 Å². The average molecular weight is 330 g/mol. The number of piperazine rings is 1. The maximum Gasteiger partial charge on any atom is 0.341 e. The fourth-order valence-electron chi connectivity index (χ4n) is 3.07. The highest BCUT2D eigenvalue weighted by Crippen LogP contribution is 2.31. The van der Waals surface area contributed by atoms with Gasteiger partial charge in [0.25, 0.3) is 0 Å². The predicted octanol–water partition coefficient (Wildman–Crippen LogP) is 2.22. The molecule has 0 bridgehead atoms. The zero-order chi connectivity index (χ0) is 16.9. The summed E-state index contributed by atoms with van der Waals surface area (Å²) in [5.41, 5.74) is 1.59. The Bertz CT molecular complexity index is 698. The second-order valence-corrected chi connectivity index (χ2v) is 5.73. The maximum absolute atomic E-state index is 11.6. The van der Waals surface area contributed by atoms with Gasteiger partial charge in [-0.25, -0.2) is 4.79 Å². The van der Waals surface area contributed by atoms with Crippen molar-refractivity contribution in [1.82, 2.24) is 10.2 Å². The fourth-order valence-corrected chi connectivity index (χ4v) is 3.07. The number of methoxy groups -OCH3 is 2. The molecule has 1 fully saturated rings. The van der Waals surface area contributed by atoms with E-state index in [0.29, 0.717) is 12.1 Å². The van der Waals surface area contributed by atoms with E-state index in [1.54, 1.807) is 13.2 Å². The summed E-state index contributed by atoms with van der Waals surface area (Å²) in [7, 11) is 3.05. The number of carbonyl (C=O) groups is 1. The molecule has 1 unspecified atom stereocenters. The van der Waals surface area contributed by atoms with Crippen molar-refractivity contribution in [3.63, 3.8) is 0 Å². The molecule has 1 saturated heterocycles. The summed E-state index contributed by atoms with van der Waals surface area (Å²) >= 11 is 0. The number of furan rings is 1. The molecule has 2 aromatic rings. The molecule has 128 valence electrons. The Morgan fingerprint density at radius 3 is 3.00 bits per heavy atom. The molecule has 0 amide bonds. The van der Waals surface area contributed by atoms with Crippen LogP contribution in [0.1, 0.15) is 27.7 Å². The number of ether oxygens (including phenoxy) is 2. The topological polar surface area (TPSA) is 63.9 Å². The van der Waals surface area contributed by atoms with E-state index in [4.69, 9.17) is 13.9 Å². The van der Waals surface area contributed by atoms with Crippen LogP contribution in [-0.4, -0.2) is 44.7 Å². The van der Waals surface area contributed by atoms with Crippen molar-refractivity contribution in [2.45, 2.75) is 12.6 Å². The van der Waals surface area contributed by atoms with Crippen LogP contribution in [0.4, 0.5) is 0 Å². The molecule has 1 N–H and O–H groups in total. The summed E-state index contributed by atoms with van der Waals surface area (Å²) in [5, 5.41) is 3.43. The number of rotatable bonds is 5. The molecule has 0 spiro atoms. The second-order valence-electron chi connectivity index (χ2n) is 5.73. The van der Waals surface area contributed by atoms with E-state index in [1.807, 2.05) is 18.2 Å². The zero-order valence-corrected chi connectivity index (χ0v) is 14.0. The number of hydrogen-bond donors (Lipinski definition) is 1. The molecule has 1 aromatic heterocycles. The first-order valence-corrected chi connectivity index (χ1v) is 7.96. The van der Waals surface area contributed by atoms with Crippen LogP contribution in [-0.2, 0) is 11.3 Å². The van der Waals surface area contributed by atoms with Crippen LogP contribution >= 0.6 is 0 Å². The minimum atomic E-state index is -0.383. The van der Waals surface area contributed by atoms with Gasteiger partial charge >= 0.3 is 5.97 Å². The lowest BCUT2D eigenvalue weighted by atomic mass is 10.0. The van der Waals surface area contributed by atoms with Gasteiger partial charge in [-0.2, -0.15) is 0 Å². The molecule has 1 aliphatic rings. The largest absolute Gasteiger partial charge is 0.496 e. The highest BCUT2D eigenvalue weighted by atomic mass is 16.5. The second kappa shape index (κ2) is 7.51. The summed E-state index contributed by atoms with van der Waals surface area (Å²) in [6.45, 7) is 3.26. The van der Waals surface area contributed by atoms with Crippen LogP contribution in [0.3, 0.4) is 0 Å². The van der Waals surface area contributed by atoms with Gasteiger partial charge in [-0.15, -0.1) is 0 Å². The van der Waals surface area contributed by atoms with Gasteiger partial charge in [0, 0.05) is 25.2 Å². The van der Waals surface area contributed by atoms with E-state index in [9.17, 15) is 4.79 Å². The van der Waals surface area contributed by atoms with Gasteiger partial charge < -0.3 is 19.2 Å². The van der Waals surface area contributed by atoms with Crippen LogP contribution in [0.2, 0.25) is 0 Å². The number of esters is 1. The molecule has 1 aromatic carbocycles. The van der Waals surface area contributed by atoms with Crippen LogP contribution < -0.4 is 10.1 Å². The van der Waals surface area contributed by atoms with E-state index < -0.39 is 0 Å². The molecule has 0 aliphatic carbocycles. The number of benzene rings is 1. The van der Waals surface area contributed by atoms with E-state index in [-0.39, 0.29) is 12.0 Å². The molecule has 6 nitrogen and oxygen atoms in total. The van der Waals surface area contributed by atoms with Crippen molar-refractivity contribution < 1.29 is 18.7 Å². The summed E-state index contributed by atoms with van der Waals surface area (Å²) in [6.07, 6.45) is 1.45. The Balaban J connectivity index is 1.80. The highest BCUT2D eigenvalue weighted by molar-refractivity contribution is 5.88. The molecule has 1 atom stereocenters. The van der Waals surface area contributed by atoms with Gasteiger partial charge in [-0.1, -0.05) is 18.2 Å². The first-order chi connectivity index (χ1) is 11.7. The Morgan fingerprint density at radius 2 is 2.21 bits per heavy atom. The molecule has 2 heterocycles. The van der Waals surface area contributed by atoms with Gasteiger partial charge in [0.2, 0.25) is 0 Å². The van der Waals surface area contributed by atoms with Crippen LogP contribution in [0.15, 0.2) is 41.0 Å². The maximum atomic E-state index is 11.6. The van der Waals surface area contributed by atoms with Crippen molar-refractivity contribution in [1.29, 1.82) is 0 Å². The van der Waals surface area contributed by atoms with Gasteiger partial charge in [-0.3, -0.25) is 4.90 Å². The first kappa shape index (κ1) is 16.5. The number of nitrogens with one attached hydrogen (secondary N) is 1. The average Bonchev–Trinajstić information content (AvgIpc) is 3.10. The van der Waals surface area contributed by atoms with Gasteiger partial charge in [-0.05, 0) is 12.1 Å². The monoisotopic (exact) mass is 330 g/mol. The normalized spacial score (nSPS) is 18.3. The number of para-hydroxylation sites is 1. The number of hydrogen-bond acceptors (Lipinski definition) is 6. The van der Waals surface area contributed by atoms with E-state index in [0.717, 1.165) is 36.7 Å². The fraction of sp³-hybridized carbons (Fsp3) is 0.389. The van der Waals surface area contributed by atoms with Crippen LogP contribution in [0.5, 0.6) is 5.75 Å². The third-order valence-electron chi connectivity index (χ3n) is 4.29. The summed E-state index contributed by atoms with van der Waals surface area (Å²) < 4.78 is 15.8. The number of nitrogens with zero attached hydrogens (tertiary/aromatic N) is 1. The quantitative estimate of drug-likeness (QED) is 0.848. The third-order valence-corrected chi connectivity index (χ3v) is 4.29. The van der Waals surface area contributed by atoms with E-state index >= 15 is 0 Å². The van der Waals surface area contributed by atoms with Gasteiger partial charge in [0.05, 0.1) is 32.4 Å². The van der Waals surface area contributed by atoms with Crippen molar-refractivity contribution in [2.75, 3.05) is 33.9 Å². The molecular weight excluding hydrogens is 308 g/mol. The zero-order valence-electron chi connectivity index (χ0n) is 14.0. The summed E-state index contributed by atoms with van der Waals surface area (Å²) in [6, 6.07) is 9.98. The molecule has 0 saturated carbocycles. The smallest absolute Gasteiger partial charge is 0.341 e. The highest BCUT2D eigenvalue weighted by Gasteiger charge is 2.27. The Morgan fingerprint density at radius 1 is 1.38 bits per heavy atom. The lowest BCUT2D eigenvalue weighted by molar-refractivity contribution is 0.0600. The van der Waals surface area contributed by atoms with E-state index in [2.05, 4.69) is 16.3 Å². The van der Waals surface area contributed by atoms with Gasteiger partial charge in [0.15, 0.2) is 0 Å². The van der Waals surface area contributed by atoms with E-state index in [1.165, 1.54) is 13.4 Å². The van der Waals surface area contributed by atoms with Gasteiger partial charge in [0.1, 0.15) is 17.8 Å². The minimum Gasteiger partial charge on any atom is -0.496 e.